The Kier molecular flexibility index (Phi) is 3.98. The molecule has 4 nitrogen and oxygen atoms in total. The van der Waals surface area contributed by atoms with Crippen LogP contribution in [0.3, 0.4) is 0 Å². The summed E-state index contributed by atoms with van der Waals surface area (Å²) < 4.78 is 12.3. The second kappa shape index (κ2) is 5.31. The Morgan fingerprint density at radius 2 is 2.00 bits per heavy atom. The number of carbonyl (C=O) groups is 1. The standard InChI is InChI=1S/C17H31NO3Si/c1-10(21-22(5,6)17(2,3)4)13-14(18-16(13)19)11-8-7-9-12-15(11)20-12/h10-15H,7-9H2,1-6H3,(H,18,19)/t10-,11-,12-,13-,14-,15+/m1/s1. The van der Waals surface area contributed by atoms with Gasteiger partial charge in [-0.15, -0.1) is 0 Å². The predicted octanol–water partition coefficient (Wildman–Crippen LogP) is 3.08. The van der Waals surface area contributed by atoms with Gasteiger partial charge in [-0.05, 0) is 37.9 Å². The van der Waals surface area contributed by atoms with Gasteiger partial charge in [-0.25, -0.2) is 0 Å². The first-order valence-electron chi connectivity index (χ1n) is 8.75. The number of amides is 1. The van der Waals surface area contributed by atoms with Gasteiger partial charge in [0.1, 0.15) is 0 Å². The van der Waals surface area contributed by atoms with Crippen molar-refractivity contribution >= 4 is 14.2 Å². The molecule has 2 heterocycles. The average Bonchev–Trinajstić information content (AvgIpc) is 3.12. The summed E-state index contributed by atoms with van der Waals surface area (Å²) in [5.74, 6) is 0.660. The highest BCUT2D eigenvalue weighted by molar-refractivity contribution is 6.74. The molecule has 6 atom stereocenters. The molecule has 0 aromatic rings. The quantitative estimate of drug-likeness (QED) is 0.491. The second-order valence-corrected chi connectivity index (χ2v) is 13.6. The average molecular weight is 326 g/mol. The van der Waals surface area contributed by atoms with Gasteiger partial charge in [0, 0.05) is 12.0 Å². The van der Waals surface area contributed by atoms with Crippen molar-refractivity contribution in [1.82, 2.24) is 5.32 Å². The Hall–Kier alpha value is -0.393. The lowest BCUT2D eigenvalue weighted by Crippen LogP contribution is -2.67. The van der Waals surface area contributed by atoms with E-state index in [0.717, 1.165) is 0 Å². The first-order chi connectivity index (χ1) is 10.1. The fourth-order valence-electron chi connectivity index (χ4n) is 3.88. The van der Waals surface area contributed by atoms with Crippen LogP contribution >= 0.6 is 0 Å². The van der Waals surface area contributed by atoms with Crippen molar-refractivity contribution in [3.05, 3.63) is 0 Å². The molecule has 0 aromatic carbocycles. The van der Waals surface area contributed by atoms with E-state index < -0.39 is 8.32 Å². The lowest BCUT2D eigenvalue weighted by molar-refractivity contribution is -0.142. The van der Waals surface area contributed by atoms with Gasteiger partial charge >= 0.3 is 0 Å². The number of β-lactam (4-membered cyclic amide) rings is 1. The van der Waals surface area contributed by atoms with E-state index in [2.05, 4.69) is 46.1 Å². The minimum absolute atomic E-state index is 0.00114. The molecule has 1 N–H and O–H groups in total. The van der Waals surface area contributed by atoms with Crippen LogP contribution in [0.15, 0.2) is 0 Å². The van der Waals surface area contributed by atoms with Crippen molar-refractivity contribution in [2.75, 3.05) is 0 Å². The van der Waals surface area contributed by atoms with E-state index in [9.17, 15) is 4.79 Å². The first-order valence-corrected chi connectivity index (χ1v) is 11.7. The molecule has 1 saturated carbocycles. The van der Waals surface area contributed by atoms with Gasteiger partial charge < -0.3 is 14.5 Å². The van der Waals surface area contributed by atoms with Crippen molar-refractivity contribution in [1.29, 1.82) is 0 Å². The zero-order valence-corrected chi connectivity index (χ0v) is 15.8. The molecular formula is C17H31NO3Si. The van der Waals surface area contributed by atoms with Gasteiger partial charge in [-0.1, -0.05) is 27.2 Å². The summed E-state index contributed by atoms with van der Waals surface area (Å²) in [5.41, 5.74) is 0. The van der Waals surface area contributed by atoms with Gasteiger partial charge in [0.25, 0.3) is 0 Å². The number of hydrogen-bond donors (Lipinski definition) is 1. The Morgan fingerprint density at radius 3 is 2.59 bits per heavy atom. The van der Waals surface area contributed by atoms with E-state index in [4.69, 9.17) is 9.16 Å². The summed E-state index contributed by atoms with van der Waals surface area (Å²) in [5, 5.41) is 3.31. The van der Waals surface area contributed by atoms with Crippen molar-refractivity contribution in [2.24, 2.45) is 11.8 Å². The Bertz CT molecular complexity index is 459. The molecule has 0 radical (unpaired) electrons. The first kappa shape index (κ1) is 16.5. The van der Waals surface area contributed by atoms with Crippen molar-refractivity contribution in [3.63, 3.8) is 0 Å². The van der Waals surface area contributed by atoms with E-state index in [-0.39, 0.29) is 29.0 Å². The van der Waals surface area contributed by atoms with E-state index in [1.165, 1.54) is 19.3 Å². The molecule has 2 saturated heterocycles. The van der Waals surface area contributed by atoms with Crippen molar-refractivity contribution in [3.8, 4) is 0 Å². The molecule has 1 aliphatic carbocycles. The summed E-state index contributed by atoms with van der Waals surface area (Å²) in [6.07, 6.45) is 4.45. The largest absolute Gasteiger partial charge is 0.413 e. The SMILES string of the molecule is C[C@@H](O[Si](C)(C)C(C)(C)C)[C@H]1C(=O)N[C@@H]1[C@H]1CCC[C@H]2O[C@@H]12. The molecule has 0 bridgehead atoms. The van der Waals surface area contributed by atoms with Gasteiger partial charge in [-0.2, -0.15) is 0 Å². The number of rotatable bonds is 4. The lowest BCUT2D eigenvalue weighted by Gasteiger charge is -2.48. The normalized spacial score (nSPS) is 39.5. The summed E-state index contributed by atoms with van der Waals surface area (Å²) >= 11 is 0. The number of fused-ring (bicyclic) bond motifs is 1. The third-order valence-corrected chi connectivity index (χ3v) is 10.9. The maximum Gasteiger partial charge on any atom is 0.228 e. The van der Waals surface area contributed by atoms with Crippen LogP contribution in [0.1, 0.15) is 47.0 Å². The summed E-state index contributed by atoms with van der Waals surface area (Å²) in [6, 6.07) is 0.252. The number of ether oxygens (including phenoxy) is 1. The Morgan fingerprint density at radius 1 is 1.32 bits per heavy atom. The number of carbonyl (C=O) groups excluding carboxylic acids is 1. The lowest BCUT2D eigenvalue weighted by atomic mass is 9.72. The van der Waals surface area contributed by atoms with Crippen LogP contribution in [-0.4, -0.2) is 38.6 Å². The smallest absolute Gasteiger partial charge is 0.228 e. The fourth-order valence-corrected chi connectivity index (χ4v) is 5.31. The molecule has 3 aliphatic rings. The molecule has 3 rings (SSSR count). The van der Waals surface area contributed by atoms with Crippen molar-refractivity contribution in [2.45, 2.75) is 89.4 Å². The minimum atomic E-state index is -1.84. The van der Waals surface area contributed by atoms with Crippen LogP contribution in [-0.2, 0) is 14.0 Å². The number of nitrogens with one attached hydrogen (secondary N) is 1. The molecule has 0 spiro atoms. The highest BCUT2D eigenvalue weighted by Gasteiger charge is 2.57. The molecule has 0 unspecified atom stereocenters. The molecule has 22 heavy (non-hydrogen) atoms. The van der Waals surface area contributed by atoms with E-state index in [1.807, 2.05) is 0 Å². The molecule has 2 aliphatic heterocycles. The monoisotopic (exact) mass is 325 g/mol. The molecule has 126 valence electrons. The molecule has 3 fully saturated rings. The highest BCUT2D eigenvalue weighted by atomic mass is 28.4. The van der Waals surface area contributed by atoms with Crippen LogP contribution in [0.25, 0.3) is 0 Å². The molecular weight excluding hydrogens is 294 g/mol. The Balaban J connectivity index is 1.66. The van der Waals surface area contributed by atoms with E-state index in [1.54, 1.807) is 0 Å². The zero-order valence-electron chi connectivity index (χ0n) is 14.8. The van der Waals surface area contributed by atoms with E-state index >= 15 is 0 Å². The summed E-state index contributed by atoms with van der Waals surface area (Å²) in [6.45, 7) is 13.3. The maximum absolute atomic E-state index is 12.2. The fraction of sp³-hybridized carbons (Fsp3) is 0.941. The topological polar surface area (TPSA) is 50.9 Å². The third-order valence-electron chi connectivity index (χ3n) is 6.32. The highest BCUT2D eigenvalue weighted by Crippen LogP contribution is 2.46. The summed E-state index contributed by atoms with van der Waals surface area (Å²) in [4.78, 5) is 12.2. The summed E-state index contributed by atoms with van der Waals surface area (Å²) in [7, 11) is -1.84. The van der Waals surface area contributed by atoms with E-state index in [0.29, 0.717) is 18.1 Å². The second-order valence-electron chi connectivity index (χ2n) is 8.88. The van der Waals surface area contributed by atoms with Crippen LogP contribution in [0.5, 0.6) is 0 Å². The van der Waals surface area contributed by atoms with Gasteiger partial charge in [-0.3, -0.25) is 4.79 Å². The van der Waals surface area contributed by atoms with Crippen LogP contribution in [0, 0.1) is 11.8 Å². The molecule has 0 aromatic heterocycles. The van der Waals surface area contributed by atoms with Crippen LogP contribution in [0.2, 0.25) is 18.1 Å². The van der Waals surface area contributed by atoms with Gasteiger partial charge in [0.05, 0.1) is 24.2 Å². The Labute approximate surface area is 135 Å². The van der Waals surface area contributed by atoms with Crippen molar-refractivity contribution < 1.29 is 14.0 Å². The zero-order chi connectivity index (χ0) is 16.3. The molecule has 1 amide bonds. The minimum Gasteiger partial charge on any atom is -0.413 e. The maximum atomic E-state index is 12.2. The van der Waals surface area contributed by atoms with Gasteiger partial charge in [0.15, 0.2) is 8.32 Å². The van der Waals surface area contributed by atoms with Gasteiger partial charge in [0.2, 0.25) is 5.91 Å². The predicted molar refractivity (Wildman–Crippen MR) is 89.2 cm³/mol. The molecule has 5 heteroatoms. The number of hydrogen-bond acceptors (Lipinski definition) is 3. The third kappa shape index (κ3) is 2.76. The van der Waals surface area contributed by atoms with Crippen LogP contribution < -0.4 is 5.32 Å². The number of epoxide rings is 1. The van der Waals surface area contributed by atoms with Crippen LogP contribution in [0.4, 0.5) is 0 Å².